The number of nitrogens with zero attached hydrogens (tertiary/aromatic N) is 2. The molecule has 2 N–H and O–H groups in total. The van der Waals surface area contributed by atoms with E-state index in [1.807, 2.05) is 12.1 Å². The molecule has 1 aliphatic heterocycles. The van der Waals surface area contributed by atoms with Crippen LogP contribution in [-0.4, -0.2) is 43.2 Å². The topological polar surface area (TPSA) is 32.5 Å². The fourth-order valence-corrected chi connectivity index (χ4v) is 5.26. The first kappa shape index (κ1) is 27.0. The lowest BCUT2D eigenvalue weighted by atomic mass is 9.98. The van der Waals surface area contributed by atoms with Crippen molar-refractivity contribution >= 4 is 17.3 Å². The molecule has 188 valence electrons. The van der Waals surface area contributed by atoms with Gasteiger partial charge in [-0.1, -0.05) is 63.6 Å². The van der Waals surface area contributed by atoms with Crippen molar-refractivity contribution < 1.29 is 0 Å². The molecular weight excluding hydrogens is 438 g/mol. The third-order valence-electron chi connectivity index (χ3n) is 7.10. The molecule has 3 rings (SSSR count). The number of halogens is 1. The smallest absolute Gasteiger partial charge is 0.0406 e. The van der Waals surface area contributed by atoms with E-state index in [1.165, 1.54) is 36.1 Å². The zero-order valence-corrected chi connectivity index (χ0v) is 22.6. The van der Waals surface area contributed by atoms with Crippen molar-refractivity contribution in [3.63, 3.8) is 0 Å². The molecule has 0 radical (unpaired) electrons. The highest BCUT2D eigenvalue weighted by Gasteiger charge is 2.26. The zero-order valence-electron chi connectivity index (χ0n) is 21.8. The second-order valence-corrected chi connectivity index (χ2v) is 11.5. The molecule has 34 heavy (non-hydrogen) atoms. The Labute approximate surface area is 213 Å². The molecule has 0 aromatic heterocycles. The van der Waals surface area contributed by atoms with E-state index >= 15 is 0 Å². The lowest BCUT2D eigenvalue weighted by molar-refractivity contribution is 0.191. The number of piperidine rings is 1. The molecule has 1 atom stereocenters. The Morgan fingerprint density at radius 3 is 1.97 bits per heavy atom. The highest BCUT2D eigenvalue weighted by atomic mass is 35.5. The van der Waals surface area contributed by atoms with Gasteiger partial charge in [0.15, 0.2) is 0 Å². The number of aryl methyl sites for hydroxylation is 2. The number of likely N-dealkylation sites (tertiary alicyclic amines) is 1. The lowest BCUT2D eigenvalue weighted by Crippen LogP contribution is -2.48. The third kappa shape index (κ3) is 8.91. The highest BCUT2D eigenvalue weighted by molar-refractivity contribution is 6.30. The van der Waals surface area contributed by atoms with E-state index in [9.17, 15) is 0 Å². The van der Waals surface area contributed by atoms with E-state index in [1.54, 1.807) is 0 Å². The fourth-order valence-electron chi connectivity index (χ4n) is 5.14. The molecule has 2 aromatic carbocycles. The molecule has 0 bridgehead atoms. The normalized spacial score (nSPS) is 16.4. The number of benzene rings is 2. The van der Waals surface area contributed by atoms with Gasteiger partial charge in [0, 0.05) is 49.0 Å². The Kier molecular flexibility index (Phi) is 10.8. The number of nitrogens with two attached hydrogens (primary N) is 1. The van der Waals surface area contributed by atoms with E-state index in [4.69, 9.17) is 17.3 Å². The number of rotatable bonds is 12. The minimum Gasteiger partial charge on any atom is -0.368 e. The first-order valence-corrected chi connectivity index (χ1v) is 13.8. The Bertz CT molecular complexity index is 823. The van der Waals surface area contributed by atoms with Crippen LogP contribution in [0.25, 0.3) is 0 Å². The van der Waals surface area contributed by atoms with Gasteiger partial charge in [0.2, 0.25) is 0 Å². The summed E-state index contributed by atoms with van der Waals surface area (Å²) in [5.74, 6) is 1.39. The summed E-state index contributed by atoms with van der Waals surface area (Å²) in [4.78, 5) is 5.28. The molecule has 0 saturated carbocycles. The Hall–Kier alpha value is -1.55. The van der Waals surface area contributed by atoms with Crippen LogP contribution in [0.15, 0.2) is 48.5 Å². The van der Waals surface area contributed by atoms with Crippen LogP contribution in [0.3, 0.4) is 0 Å². The quantitative estimate of drug-likeness (QED) is 0.359. The molecule has 0 spiro atoms. The Balaban J connectivity index is 1.58. The average Bonchev–Trinajstić information content (AvgIpc) is 2.80. The molecule has 1 unspecified atom stereocenters. The monoisotopic (exact) mass is 483 g/mol. The van der Waals surface area contributed by atoms with Gasteiger partial charge in [-0.25, -0.2) is 0 Å². The van der Waals surface area contributed by atoms with E-state index in [-0.39, 0.29) is 0 Å². The van der Waals surface area contributed by atoms with Gasteiger partial charge in [-0.2, -0.15) is 0 Å². The largest absolute Gasteiger partial charge is 0.368 e. The number of hydrogen-bond donors (Lipinski definition) is 1. The summed E-state index contributed by atoms with van der Waals surface area (Å²) in [6, 6.07) is 18.5. The van der Waals surface area contributed by atoms with Crippen LogP contribution in [0.1, 0.15) is 64.5 Å². The van der Waals surface area contributed by atoms with Gasteiger partial charge in [0.1, 0.15) is 0 Å². The van der Waals surface area contributed by atoms with Crippen molar-refractivity contribution in [1.29, 1.82) is 0 Å². The Morgan fingerprint density at radius 2 is 1.44 bits per heavy atom. The molecule has 1 saturated heterocycles. The first-order valence-electron chi connectivity index (χ1n) is 13.4. The van der Waals surface area contributed by atoms with Crippen LogP contribution in [0, 0.1) is 11.8 Å². The minimum absolute atomic E-state index is 0.300. The minimum atomic E-state index is 0.300. The molecule has 0 aliphatic carbocycles. The maximum Gasteiger partial charge on any atom is 0.0406 e. The van der Waals surface area contributed by atoms with Crippen LogP contribution in [0.5, 0.6) is 0 Å². The molecule has 4 heteroatoms. The number of hydrogen-bond acceptors (Lipinski definition) is 3. The van der Waals surface area contributed by atoms with E-state index in [0.29, 0.717) is 18.0 Å². The van der Waals surface area contributed by atoms with E-state index in [2.05, 4.69) is 73.9 Å². The van der Waals surface area contributed by atoms with Crippen molar-refractivity contribution in [1.82, 2.24) is 4.90 Å². The van der Waals surface area contributed by atoms with E-state index < -0.39 is 0 Å². The summed E-state index contributed by atoms with van der Waals surface area (Å²) in [6.45, 7) is 13.7. The maximum absolute atomic E-state index is 6.40. The second-order valence-electron chi connectivity index (χ2n) is 11.1. The summed E-state index contributed by atoms with van der Waals surface area (Å²) in [5.41, 5.74) is 10.5. The van der Waals surface area contributed by atoms with Crippen LogP contribution < -0.4 is 10.6 Å². The van der Waals surface area contributed by atoms with E-state index in [0.717, 1.165) is 56.4 Å². The highest BCUT2D eigenvalue weighted by Crippen LogP contribution is 2.26. The van der Waals surface area contributed by atoms with Crippen LogP contribution in [0.2, 0.25) is 5.02 Å². The molecule has 1 aliphatic rings. The summed E-state index contributed by atoms with van der Waals surface area (Å²) in [6.07, 6.45) is 6.91. The van der Waals surface area contributed by atoms with Gasteiger partial charge < -0.3 is 15.5 Å². The predicted octanol–water partition coefficient (Wildman–Crippen LogP) is 6.82. The zero-order chi connectivity index (χ0) is 24.5. The average molecular weight is 484 g/mol. The molecule has 2 aromatic rings. The van der Waals surface area contributed by atoms with Gasteiger partial charge in [0.05, 0.1) is 0 Å². The van der Waals surface area contributed by atoms with Gasteiger partial charge in [0.25, 0.3) is 0 Å². The second kappa shape index (κ2) is 13.5. The maximum atomic E-state index is 6.40. The van der Waals surface area contributed by atoms with Gasteiger partial charge in [-0.15, -0.1) is 0 Å². The molecule has 1 heterocycles. The summed E-state index contributed by atoms with van der Waals surface area (Å²) >= 11 is 6.02. The van der Waals surface area contributed by atoms with Crippen LogP contribution in [0.4, 0.5) is 5.69 Å². The van der Waals surface area contributed by atoms with Crippen molar-refractivity contribution in [3.8, 4) is 0 Å². The van der Waals surface area contributed by atoms with Gasteiger partial charge in [-0.05, 0) is 85.8 Å². The van der Waals surface area contributed by atoms with Crippen LogP contribution >= 0.6 is 11.6 Å². The first-order chi connectivity index (χ1) is 16.3. The predicted molar refractivity (Wildman–Crippen MR) is 149 cm³/mol. The van der Waals surface area contributed by atoms with Crippen molar-refractivity contribution in [2.75, 3.05) is 31.1 Å². The summed E-state index contributed by atoms with van der Waals surface area (Å²) in [5, 5.41) is 0.804. The van der Waals surface area contributed by atoms with Crippen LogP contribution in [-0.2, 0) is 12.8 Å². The van der Waals surface area contributed by atoms with Gasteiger partial charge >= 0.3 is 0 Å². The molecule has 0 amide bonds. The molecule has 1 fully saturated rings. The summed E-state index contributed by atoms with van der Waals surface area (Å²) in [7, 11) is 0. The number of anilines is 1. The van der Waals surface area contributed by atoms with Crippen molar-refractivity contribution in [2.45, 2.75) is 78.3 Å². The lowest BCUT2D eigenvalue weighted by Gasteiger charge is -2.41. The van der Waals surface area contributed by atoms with Gasteiger partial charge in [-0.3, -0.25) is 0 Å². The SMILES string of the molecule is CC(C)CCN(c1ccc(CCc2ccc(Cl)cc2)cc1)C1CCN(CC(N)CC(C)C)CC1. The van der Waals surface area contributed by atoms with Crippen molar-refractivity contribution in [3.05, 3.63) is 64.7 Å². The third-order valence-corrected chi connectivity index (χ3v) is 7.35. The molecule has 3 nitrogen and oxygen atoms in total. The molecular formula is C30H46ClN3. The summed E-state index contributed by atoms with van der Waals surface area (Å²) < 4.78 is 0. The van der Waals surface area contributed by atoms with Crippen molar-refractivity contribution in [2.24, 2.45) is 17.6 Å². The standard InChI is InChI=1S/C30H46ClN3/c1-23(2)15-20-34(30-16-18-33(19-17-30)22-28(32)21-24(3)4)29-13-9-26(10-14-29)6-5-25-7-11-27(31)12-8-25/h7-14,23-24,28,30H,5-6,15-22,32H2,1-4H3. The fraction of sp³-hybridized carbons (Fsp3) is 0.600. The Morgan fingerprint density at radius 1 is 0.882 bits per heavy atom.